The lowest BCUT2D eigenvalue weighted by atomic mass is 9.53. The Labute approximate surface area is 144 Å². The maximum atomic E-state index is 13.3. The Morgan fingerprint density at radius 2 is 1.58 bits per heavy atom. The lowest BCUT2D eigenvalue weighted by molar-refractivity contribution is -0.118. The minimum Gasteiger partial charge on any atom is -0.293 e. The number of rotatable bonds is 1. The first-order valence-corrected chi connectivity index (χ1v) is 8.75. The molecule has 0 aromatic heterocycles. The summed E-state index contributed by atoms with van der Waals surface area (Å²) < 4.78 is 13.3. The van der Waals surface area contributed by atoms with Crippen LogP contribution in [0, 0.1) is 22.6 Å². The van der Waals surface area contributed by atoms with E-state index in [-0.39, 0.29) is 22.4 Å². The van der Waals surface area contributed by atoms with E-state index in [1.807, 2.05) is 13.0 Å². The molecule has 1 aromatic rings. The van der Waals surface area contributed by atoms with E-state index in [4.69, 9.17) is 0 Å². The van der Waals surface area contributed by atoms with Gasteiger partial charge in [0.15, 0.2) is 5.78 Å². The molecule has 1 saturated carbocycles. The van der Waals surface area contributed by atoms with Crippen molar-refractivity contribution in [3.63, 3.8) is 0 Å². The Morgan fingerprint density at radius 3 is 2.17 bits per heavy atom. The van der Waals surface area contributed by atoms with Gasteiger partial charge in [-0.05, 0) is 65.0 Å². The van der Waals surface area contributed by atoms with Crippen molar-refractivity contribution in [1.82, 2.24) is 0 Å². The molecule has 1 aromatic carbocycles. The van der Waals surface area contributed by atoms with Gasteiger partial charge in [-0.2, -0.15) is 0 Å². The van der Waals surface area contributed by atoms with Crippen LogP contribution < -0.4 is 0 Å². The van der Waals surface area contributed by atoms with Crippen LogP contribution in [-0.4, -0.2) is 5.78 Å². The Balaban J connectivity index is 2.19. The standard InChI is InChI=1S/C22H27FO/c1-14-12-20(2,3)17-11-19(24)22(6,13-18(17)21(14,4)5)15-7-9-16(23)10-8-15/h7-11,13-14H,12H2,1-6H3. The smallest absolute Gasteiger partial charge is 0.170 e. The van der Waals surface area contributed by atoms with Crippen LogP contribution in [0.15, 0.2) is 47.6 Å². The molecule has 1 fully saturated rings. The van der Waals surface area contributed by atoms with Gasteiger partial charge >= 0.3 is 0 Å². The Bertz CT molecular complexity index is 749. The van der Waals surface area contributed by atoms with Crippen molar-refractivity contribution >= 4 is 5.78 Å². The van der Waals surface area contributed by atoms with Crippen LogP contribution in [0.2, 0.25) is 0 Å². The van der Waals surface area contributed by atoms with E-state index < -0.39 is 5.41 Å². The van der Waals surface area contributed by atoms with Crippen LogP contribution in [0.25, 0.3) is 0 Å². The second kappa shape index (κ2) is 5.15. The average Bonchev–Trinajstić information content (AvgIpc) is 2.48. The first-order chi connectivity index (χ1) is 11.0. The fourth-order valence-corrected chi connectivity index (χ4v) is 4.31. The van der Waals surface area contributed by atoms with E-state index in [2.05, 4.69) is 40.7 Å². The number of carbonyl (C=O) groups is 1. The van der Waals surface area contributed by atoms with E-state index in [9.17, 15) is 9.18 Å². The molecule has 3 rings (SSSR count). The van der Waals surface area contributed by atoms with Gasteiger partial charge in [0.2, 0.25) is 0 Å². The molecule has 24 heavy (non-hydrogen) atoms. The van der Waals surface area contributed by atoms with Crippen molar-refractivity contribution < 1.29 is 9.18 Å². The summed E-state index contributed by atoms with van der Waals surface area (Å²) in [6.45, 7) is 13.2. The number of benzene rings is 1. The molecule has 0 saturated heterocycles. The normalized spacial score (nSPS) is 31.1. The van der Waals surface area contributed by atoms with Crippen molar-refractivity contribution in [2.45, 2.75) is 53.4 Å². The molecular weight excluding hydrogens is 299 g/mol. The maximum absolute atomic E-state index is 13.3. The first kappa shape index (κ1) is 17.1. The van der Waals surface area contributed by atoms with Gasteiger partial charge in [0.1, 0.15) is 5.82 Å². The third-order valence-electron chi connectivity index (χ3n) is 6.43. The summed E-state index contributed by atoms with van der Waals surface area (Å²) in [7, 11) is 0. The van der Waals surface area contributed by atoms with E-state index in [1.54, 1.807) is 12.1 Å². The summed E-state index contributed by atoms with van der Waals surface area (Å²) in [4.78, 5) is 13.0. The molecule has 0 spiro atoms. The Kier molecular flexibility index (Phi) is 3.67. The summed E-state index contributed by atoms with van der Waals surface area (Å²) in [5.41, 5.74) is 2.59. The highest BCUT2D eigenvalue weighted by Crippen LogP contribution is 2.57. The van der Waals surface area contributed by atoms with E-state index in [1.165, 1.54) is 23.3 Å². The van der Waals surface area contributed by atoms with Crippen LogP contribution in [0.4, 0.5) is 4.39 Å². The van der Waals surface area contributed by atoms with E-state index in [0.717, 1.165) is 12.0 Å². The van der Waals surface area contributed by atoms with Crippen LogP contribution in [0.5, 0.6) is 0 Å². The predicted octanol–water partition coefficient (Wildman–Crippen LogP) is 5.61. The highest BCUT2D eigenvalue weighted by atomic mass is 19.1. The minimum absolute atomic E-state index is 0.000552. The van der Waals surface area contributed by atoms with Crippen LogP contribution in [0.1, 0.15) is 53.5 Å². The topological polar surface area (TPSA) is 17.1 Å². The number of hydrogen-bond donors (Lipinski definition) is 0. The molecule has 0 radical (unpaired) electrons. The second-order valence-electron chi connectivity index (χ2n) is 8.90. The number of ketones is 1. The molecule has 128 valence electrons. The Hall–Kier alpha value is -1.70. The summed E-state index contributed by atoms with van der Waals surface area (Å²) >= 11 is 0. The van der Waals surface area contributed by atoms with Crippen molar-refractivity contribution in [1.29, 1.82) is 0 Å². The fourth-order valence-electron chi connectivity index (χ4n) is 4.31. The van der Waals surface area contributed by atoms with Gasteiger partial charge in [-0.3, -0.25) is 4.79 Å². The van der Waals surface area contributed by atoms with Gasteiger partial charge < -0.3 is 0 Å². The molecule has 2 aliphatic rings. The summed E-state index contributed by atoms with van der Waals surface area (Å²) in [5.74, 6) is 0.343. The van der Waals surface area contributed by atoms with Crippen LogP contribution >= 0.6 is 0 Å². The monoisotopic (exact) mass is 326 g/mol. The zero-order chi connectivity index (χ0) is 17.9. The average molecular weight is 326 g/mol. The molecule has 2 unspecified atom stereocenters. The second-order valence-corrected chi connectivity index (χ2v) is 8.90. The Morgan fingerprint density at radius 1 is 1.00 bits per heavy atom. The predicted molar refractivity (Wildman–Crippen MR) is 96.3 cm³/mol. The number of fused-ring (bicyclic) bond motifs is 1. The summed E-state index contributed by atoms with van der Waals surface area (Å²) in [6.07, 6.45) is 5.07. The molecule has 0 bridgehead atoms. The van der Waals surface area contributed by atoms with Gasteiger partial charge in [0, 0.05) is 0 Å². The molecule has 0 heterocycles. The molecule has 2 atom stereocenters. The number of hydrogen-bond acceptors (Lipinski definition) is 1. The molecule has 1 nitrogen and oxygen atoms in total. The van der Waals surface area contributed by atoms with Crippen molar-refractivity contribution in [2.75, 3.05) is 0 Å². The van der Waals surface area contributed by atoms with Crippen molar-refractivity contribution in [3.05, 3.63) is 58.9 Å². The SMILES string of the molecule is CC1CC(C)(C)C2=CC(=O)C(C)(c3ccc(F)cc3)C=C2C1(C)C. The largest absolute Gasteiger partial charge is 0.293 e. The number of halogens is 1. The third-order valence-corrected chi connectivity index (χ3v) is 6.43. The van der Waals surface area contributed by atoms with E-state index in [0.29, 0.717) is 5.92 Å². The van der Waals surface area contributed by atoms with Crippen molar-refractivity contribution in [3.8, 4) is 0 Å². The van der Waals surface area contributed by atoms with Gasteiger partial charge in [-0.25, -0.2) is 4.39 Å². The number of allylic oxidation sites excluding steroid dienone is 4. The van der Waals surface area contributed by atoms with Gasteiger partial charge in [0.05, 0.1) is 5.41 Å². The fraction of sp³-hybridized carbons (Fsp3) is 0.500. The van der Waals surface area contributed by atoms with Gasteiger partial charge in [0.25, 0.3) is 0 Å². The lowest BCUT2D eigenvalue weighted by Gasteiger charge is -2.51. The van der Waals surface area contributed by atoms with Gasteiger partial charge in [-0.15, -0.1) is 0 Å². The molecule has 0 N–H and O–H groups in total. The molecule has 0 amide bonds. The molecular formula is C22H27FO. The van der Waals surface area contributed by atoms with Gasteiger partial charge in [-0.1, -0.05) is 52.8 Å². The number of carbonyl (C=O) groups excluding carboxylic acids is 1. The minimum atomic E-state index is -0.725. The van der Waals surface area contributed by atoms with Crippen LogP contribution in [-0.2, 0) is 10.2 Å². The highest BCUT2D eigenvalue weighted by molar-refractivity contribution is 6.03. The van der Waals surface area contributed by atoms with Crippen LogP contribution in [0.3, 0.4) is 0 Å². The summed E-state index contributed by atoms with van der Waals surface area (Å²) in [6, 6.07) is 6.33. The quantitative estimate of drug-likeness (QED) is 0.655. The maximum Gasteiger partial charge on any atom is 0.170 e. The van der Waals surface area contributed by atoms with E-state index >= 15 is 0 Å². The molecule has 2 aliphatic carbocycles. The molecule has 0 aliphatic heterocycles. The molecule has 2 heteroatoms. The third kappa shape index (κ3) is 2.39. The first-order valence-electron chi connectivity index (χ1n) is 8.75. The zero-order valence-corrected chi connectivity index (χ0v) is 15.5. The zero-order valence-electron chi connectivity index (χ0n) is 15.5. The highest BCUT2D eigenvalue weighted by Gasteiger charge is 2.49. The summed E-state index contributed by atoms with van der Waals surface area (Å²) in [5, 5.41) is 0. The lowest BCUT2D eigenvalue weighted by Crippen LogP contribution is -2.43. The van der Waals surface area contributed by atoms with Crippen molar-refractivity contribution in [2.24, 2.45) is 16.7 Å².